The Morgan fingerprint density at radius 2 is 1.62 bits per heavy atom. The SMILES string of the molecule is CC1CC[CH-]CC(OC(=O)C(OC(C)OC(=O)C2CCOC2)(c2ccccc2)c2ccccc2)C1.[CH2-]CC[CH2-].[Li+]. The summed E-state index contributed by atoms with van der Waals surface area (Å²) < 4.78 is 23.6. The Labute approximate surface area is 252 Å². The zero-order valence-electron chi connectivity index (χ0n) is 24.4. The first-order valence-electron chi connectivity index (χ1n) is 14.1. The van der Waals surface area contributed by atoms with Crippen molar-refractivity contribution in [2.75, 3.05) is 13.2 Å². The standard InChI is InChI=1S/C29H35O6.C4H8.Li/c1-21-11-9-10-16-26(19-21)34-28(31)29(24-12-5-3-6-13-24,25-14-7-4-8-15-25)35-22(2)33-27(30)23-17-18-32-20-23;1-3-4-2;/h3-8,10,12-15,21-23,26H,9,11,16-20H2,1-2H3;1-4H2;/q-1;-2;+1. The second-order valence-corrected chi connectivity index (χ2v) is 10.3. The second-order valence-electron chi connectivity index (χ2n) is 10.3. The maximum atomic E-state index is 14.1. The molecule has 4 unspecified atom stereocenters. The number of unbranched alkanes of at least 4 members (excludes halogenated alkanes) is 1. The van der Waals surface area contributed by atoms with Crippen LogP contribution in [-0.4, -0.2) is 37.5 Å². The Hall–Kier alpha value is -2.10. The molecule has 1 saturated heterocycles. The summed E-state index contributed by atoms with van der Waals surface area (Å²) in [6.07, 6.45) is 7.13. The zero-order chi connectivity index (χ0) is 28.1. The van der Waals surface area contributed by atoms with Crippen LogP contribution < -0.4 is 18.9 Å². The van der Waals surface area contributed by atoms with Gasteiger partial charge in [0.2, 0.25) is 11.9 Å². The molecule has 6 nitrogen and oxygen atoms in total. The van der Waals surface area contributed by atoms with Crippen LogP contribution in [0.1, 0.15) is 69.9 Å². The molecule has 0 aromatic heterocycles. The number of benzene rings is 2. The van der Waals surface area contributed by atoms with E-state index in [1.165, 1.54) is 0 Å². The minimum atomic E-state index is -1.59. The van der Waals surface area contributed by atoms with Gasteiger partial charge in [0, 0.05) is 6.61 Å². The van der Waals surface area contributed by atoms with Gasteiger partial charge in [-0.3, -0.25) is 4.79 Å². The van der Waals surface area contributed by atoms with Crippen LogP contribution in [0.4, 0.5) is 0 Å². The number of rotatable bonds is 9. The average molecular weight is 543 g/mol. The molecule has 214 valence electrons. The van der Waals surface area contributed by atoms with Gasteiger partial charge in [0.05, 0.1) is 18.6 Å². The number of esters is 2. The normalized spacial score (nSPS) is 21.6. The van der Waals surface area contributed by atoms with Crippen LogP contribution in [0, 0.1) is 32.1 Å². The van der Waals surface area contributed by atoms with E-state index in [-0.39, 0.29) is 36.9 Å². The fourth-order valence-electron chi connectivity index (χ4n) is 4.89. The molecular formula is C33H43LiO6-2. The molecule has 7 heteroatoms. The van der Waals surface area contributed by atoms with Crippen LogP contribution in [0.2, 0.25) is 0 Å². The van der Waals surface area contributed by atoms with Gasteiger partial charge in [-0.1, -0.05) is 74.0 Å². The predicted octanol–water partition coefficient (Wildman–Crippen LogP) is 3.64. The smallest absolute Gasteiger partial charge is 0.462 e. The Balaban J connectivity index is 0.00000105. The second kappa shape index (κ2) is 17.7. The molecule has 1 aliphatic carbocycles. The Bertz CT molecular complexity index is 951. The molecular weight excluding hydrogens is 499 g/mol. The summed E-state index contributed by atoms with van der Waals surface area (Å²) in [5.41, 5.74) is -0.355. The molecule has 4 rings (SSSR count). The third kappa shape index (κ3) is 9.48. The molecule has 2 aromatic rings. The molecule has 0 N–H and O–H groups in total. The van der Waals surface area contributed by atoms with E-state index in [0.29, 0.717) is 43.1 Å². The van der Waals surface area contributed by atoms with Crippen molar-refractivity contribution < 1.29 is 47.4 Å². The summed E-state index contributed by atoms with van der Waals surface area (Å²) in [4.78, 5) is 26.8. The summed E-state index contributed by atoms with van der Waals surface area (Å²) in [6, 6.07) is 18.6. The predicted molar refractivity (Wildman–Crippen MR) is 151 cm³/mol. The fraction of sp³-hybridized carbons (Fsp3) is 0.485. The van der Waals surface area contributed by atoms with Crippen LogP contribution in [0.5, 0.6) is 0 Å². The molecule has 0 bridgehead atoms. The van der Waals surface area contributed by atoms with Crippen molar-refractivity contribution in [2.24, 2.45) is 11.8 Å². The van der Waals surface area contributed by atoms with Crippen molar-refractivity contribution in [1.82, 2.24) is 0 Å². The van der Waals surface area contributed by atoms with Gasteiger partial charge < -0.3 is 39.2 Å². The fourth-order valence-corrected chi connectivity index (χ4v) is 4.89. The van der Waals surface area contributed by atoms with Gasteiger partial charge in [0.15, 0.2) is 0 Å². The van der Waals surface area contributed by atoms with Crippen molar-refractivity contribution in [3.05, 3.63) is 92.1 Å². The number of ether oxygens (including phenoxy) is 4. The third-order valence-corrected chi connectivity index (χ3v) is 7.02. The van der Waals surface area contributed by atoms with Crippen molar-refractivity contribution in [3.8, 4) is 0 Å². The molecule has 2 fully saturated rings. The Morgan fingerprint density at radius 1 is 1.02 bits per heavy atom. The van der Waals surface area contributed by atoms with E-state index in [1.807, 2.05) is 60.7 Å². The van der Waals surface area contributed by atoms with Gasteiger partial charge >= 0.3 is 30.8 Å². The molecule has 1 saturated carbocycles. The maximum absolute atomic E-state index is 14.1. The molecule has 4 atom stereocenters. The van der Waals surface area contributed by atoms with Crippen molar-refractivity contribution in [2.45, 2.75) is 76.8 Å². The molecule has 2 aliphatic rings. The largest absolute Gasteiger partial charge is 1.00 e. The van der Waals surface area contributed by atoms with Gasteiger partial charge in [-0.15, -0.1) is 6.42 Å². The van der Waals surface area contributed by atoms with E-state index in [9.17, 15) is 9.59 Å². The van der Waals surface area contributed by atoms with Gasteiger partial charge in [0.25, 0.3) is 0 Å². The number of hydrogen-bond donors (Lipinski definition) is 0. The topological polar surface area (TPSA) is 71.1 Å². The first-order chi connectivity index (χ1) is 18.9. The molecule has 0 amide bonds. The number of carbonyl (C=O) groups is 2. The van der Waals surface area contributed by atoms with E-state index in [1.54, 1.807) is 6.92 Å². The quantitative estimate of drug-likeness (QED) is 0.159. The molecule has 1 aliphatic heterocycles. The zero-order valence-corrected chi connectivity index (χ0v) is 24.4. The van der Waals surface area contributed by atoms with Crippen molar-refractivity contribution in [1.29, 1.82) is 0 Å². The van der Waals surface area contributed by atoms with E-state index < -0.39 is 17.9 Å². The Morgan fingerprint density at radius 3 is 2.15 bits per heavy atom. The van der Waals surface area contributed by atoms with Crippen LogP contribution in [-0.2, 0) is 34.1 Å². The van der Waals surface area contributed by atoms with Crippen molar-refractivity contribution in [3.63, 3.8) is 0 Å². The van der Waals surface area contributed by atoms with E-state index in [0.717, 1.165) is 32.1 Å². The summed E-state index contributed by atoms with van der Waals surface area (Å²) in [5.74, 6) is -0.747. The summed E-state index contributed by atoms with van der Waals surface area (Å²) >= 11 is 0. The van der Waals surface area contributed by atoms with E-state index in [4.69, 9.17) is 18.9 Å². The first kappa shape index (κ1) is 34.1. The Kier molecular flexibility index (Phi) is 15.0. The van der Waals surface area contributed by atoms with Gasteiger partial charge in [-0.05, 0) is 36.8 Å². The van der Waals surface area contributed by atoms with E-state index in [2.05, 4.69) is 27.2 Å². The molecule has 2 aromatic carbocycles. The molecule has 40 heavy (non-hydrogen) atoms. The summed E-state index contributed by atoms with van der Waals surface area (Å²) in [5, 5.41) is 0. The van der Waals surface area contributed by atoms with Gasteiger partial charge in [-0.2, -0.15) is 6.42 Å². The molecule has 1 heterocycles. The van der Waals surface area contributed by atoms with Crippen LogP contribution in [0.3, 0.4) is 0 Å². The summed E-state index contributed by atoms with van der Waals surface area (Å²) in [6.45, 7) is 11.8. The van der Waals surface area contributed by atoms with Crippen LogP contribution in [0.15, 0.2) is 60.7 Å². The monoisotopic (exact) mass is 542 g/mol. The molecule has 0 spiro atoms. The number of hydrogen-bond acceptors (Lipinski definition) is 6. The minimum Gasteiger partial charge on any atom is -0.462 e. The number of carbonyl (C=O) groups excluding carboxylic acids is 2. The minimum absolute atomic E-state index is 0. The molecule has 0 radical (unpaired) electrons. The van der Waals surface area contributed by atoms with Crippen LogP contribution in [0.25, 0.3) is 0 Å². The van der Waals surface area contributed by atoms with Gasteiger partial charge in [-0.25, -0.2) is 17.6 Å². The average Bonchev–Trinajstić information content (AvgIpc) is 3.43. The summed E-state index contributed by atoms with van der Waals surface area (Å²) in [7, 11) is 0. The van der Waals surface area contributed by atoms with Crippen LogP contribution >= 0.6 is 0 Å². The van der Waals surface area contributed by atoms with Gasteiger partial charge in [0.1, 0.15) is 0 Å². The first-order valence-corrected chi connectivity index (χ1v) is 14.1. The van der Waals surface area contributed by atoms with Crippen molar-refractivity contribution >= 4 is 11.9 Å². The van der Waals surface area contributed by atoms with E-state index >= 15 is 0 Å². The third-order valence-electron chi connectivity index (χ3n) is 7.02. The maximum Gasteiger partial charge on any atom is 1.00 e.